The zero-order valence-corrected chi connectivity index (χ0v) is 12.3. The Labute approximate surface area is 124 Å². The maximum atomic E-state index is 5.49. The van der Waals surface area contributed by atoms with Gasteiger partial charge in [0.2, 0.25) is 0 Å². The van der Waals surface area contributed by atoms with Crippen LogP contribution in [0.5, 0.6) is 0 Å². The Morgan fingerprint density at radius 3 is 2.57 bits per heavy atom. The van der Waals surface area contributed by atoms with Crippen LogP contribution in [0.1, 0.15) is 24.6 Å². The van der Waals surface area contributed by atoms with Gasteiger partial charge >= 0.3 is 0 Å². The molecule has 0 spiro atoms. The number of aromatic nitrogens is 2. The zero-order valence-electron chi connectivity index (χ0n) is 12.3. The molecule has 1 heterocycles. The van der Waals surface area contributed by atoms with Crippen molar-refractivity contribution in [2.45, 2.75) is 18.8 Å². The topological polar surface area (TPSA) is 79.1 Å². The fourth-order valence-corrected chi connectivity index (χ4v) is 2.14. The predicted octanol–water partition coefficient (Wildman–Crippen LogP) is 2.45. The van der Waals surface area contributed by atoms with Crippen molar-refractivity contribution in [2.24, 2.45) is 5.84 Å². The SMILES string of the molecule is CN(C)c1cccc(Nc2cc(NN)nc(C3CC3)n2)c1. The highest BCUT2D eigenvalue weighted by Gasteiger charge is 2.27. The highest BCUT2D eigenvalue weighted by atomic mass is 15.3. The predicted molar refractivity (Wildman–Crippen MR) is 85.9 cm³/mol. The number of hydrogen-bond donors (Lipinski definition) is 3. The average Bonchev–Trinajstić information content (AvgIpc) is 3.31. The minimum atomic E-state index is 0.479. The first-order chi connectivity index (χ1) is 10.2. The van der Waals surface area contributed by atoms with Crippen molar-refractivity contribution >= 4 is 23.0 Å². The Bertz CT molecular complexity index is 636. The van der Waals surface area contributed by atoms with Crippen LogP contribution in [-0.2, 0) is 0 Å². The Morgan fingerprint density at radius 1 is 1.14 bits per heavy atom. The molecule has 21 heavy (non-hydrogen) atoms. The van der Waals surface area contributed by atoms with E-state index >= 15 is 0 Å². The first kappa shape index (κ1) is 13.6. The van der Waals surface area contributed by atoms with Crippen LogP contribution in [0, 0.1) is 0 Å². The maximum Gasteiger partial charge on any atom is 0.145 e. The molecule has 110 valence electrons. The summed E-state index contributed by atoms with van der Waals surface area (Å²) < 4.78 is 0. The third-order valence-electron chi connectivity index (χ3n) is 3.47. The summed E-state index contributed by atoms with van der Waals surface area (Å²) in [7, 11) is 4.04. The molecule has 1 aliphatic rings. The number of nitrogens with two attached hydrogens (primary N) is 1. The van der Waals surface area contributed by atoms with Gasteiger partial charge < -0.3 is 15.6 Å². The van der Waals surface area contributed by atoms with Crippen molar-refractivity contribution in [1.82, 2.24) is 9.97 Å². The van der Waals surface area contributed by atoms with Crippen LogP contribution in [0.2, 0.25) is 0 Å². The van der Waals surface area contributed by atoms with Crippen molar-refractivity contribution in [3.05, 3.63) is 36.2 Å². The molecule has 2 aromatic rings. The highest BCUT2D eigenvalue weighted by Crippen LogP contribution is 2.39. The van der Waals surface area contributed by atoms with Gasteiger partial charge in [-0.25, -0.2) is 15.8 Å². The van der Waals surface area contributed by atoms with E-state index in [0.717, 1.165) is 35.9 Å². The lowest BCUT2D eigenvalue weighted by Crippen LogP contribution is -2.11. The van der Waals surface area contributed by atoms with Gasteiger partial charge in [-0.15, -0.1) is 0 Å². The molecular formula is C15H20N6. The van der Waals surface area contributed by atoms with Crippen LogP contribution < -0.4 is 21.5 Å². The fraction of sp³-hybridized carbons (Fsp3) is 0.333. The summed E-state index contributed by atoms with van der Waals surface area (Å²) in [6, 6.07) is 9.99. The van der Waals surface area contributed by atoms with E-state index in [1.54, 1.807) is 0 Å². The molecule has 1 aliphatic carbocycles. The second-order valence-electron chi connectivity index (χ2n) is 5.48. The number of nitrogen functional groups attached to an aromatic ring is 1. The van der Waals surface area contributed by atoms with E-state index in [9.17, 15) is 0 Å². The quantitative estimate of drug-likeness (QED) is 0.578. The van der Waals surface area contributed by atoms with Gasteiger partial charge in [-0.2, -0.15) is 0 Å². The molecule has 1 aromatic carbocycles. The van der Waals surface area contributed by atoms with Crippen LogP contribution in [0.4, 0.5) is 23.0 Å². The Morgan fingerprint density at radius 2 is 1.90 bits per heavy atom. The summed E-state index contributed by atoms with van der Waals surface area (Å²) in [5, 5.41) is 3.32. The van der Waals surface area contributed by atoms with Gasteiger partial charge in [0.25, 0.3) is 0 Å². The van der Waals surface area contributed by atoms with Crippen LogP contribution in [0.3, 0.4) is 0 Å². The summed E-state index contributed by atoms with van der Waals surface area (Å²) in [5.74, 6) is 8.22. The van der Waals surface area contributed by atoms with Gasteiger partial charge in [-0.05, 0) is 31.0 Å². The minimum absolute atomic E-state index is 0.479. The summed E-state index contributed by atoms with van der Waals surface area (Å²) in [4.78, 5) is 11.1. The minimum Gasteiger partial charge on any atom is -0.378 e. The average molecular weight is 284 g/mol. The second-order valence-corrected chi connectivity index (χ2v) is 5.48. The van der Waals surface area contributed by atoms with Gasteiger partial charge in [-0.1, -0.05) is 6.07 Å². The monoisotopic (exact) mass is 284 g/mol. The standard InChI is InChI=1S/C15H20N6/c1-21(2)12-5-3-4-11(8-12)17-13-9-14(20-16)19-15(18-13)10-6-7-10/h3-5,8-10H,6-7,16H2,1-2H3,(H2,17,18,19,20). The third-order valence-corrected chi connectivity index (χ3v) is 3.47. The number of benzene rings is 1. The fourth-order valence-electron chi connectivity index (χ4n) is 2.14. The smallest absolute Gasteiger partial charge is 0.145 e. The molecule has 0 bridgehead atoms. The molecule has 6 heteroatoms. The Balaban J connectivity index is 1.86. The van der Waals surface area contributed by atoms with E-state index in [1.165, 1.54) is 0 Å². The van der Waals surface area contributed by atoms with Crippen LogP contribution in [0.15, 0.2) is 30.3 Å². The zero-order chi connectivity index (χ0) is 14.8. The molecule has 1 aromatic heterocycles. The van der Waals surface area contributed by atoms with Crippen molar-refractivity contribution in [3.8, 4) is 0 Å². The summed E-state index contributed by atoms with van der Waals surface area (Å²) in [5.41, 5.74) is 4.73. The molecule has 4 N–H and O–H groups in total. The molecule has 6 nitrogen and oxygen atoms in total. The number of anilines is 4. The van der Waals surface area contributed by atoms with E-state index < -0.39 is 0 Å². The Hall–Kier alpha value is -2.34. The van der Waals surface area contributed by atoms with Gasteiger partial charge in [0.1, 0.15) is 17.5 Å². The first-order valence-corrected chi connectivity index (χ1v) is 7.06. The number of rotatable bonds is 5. The second kappa shape index (κ2) is 5.57. The van der Waals surface area contributed by atoms with E-state index in [1.807, 2.05) is 32.3 Å². The summed E-state index contributed by atoms with van der Waals surface area (Å²) in [6.07, 6.45) is 2.31. The molecule has 1 fully saturated rings. The van der Waals surface area contributed by atoms with E-state index in [2.05, 4.69) is 37.7 Å². The first-order valence-electron chi connectivity index (χ1n) is 7.06. The molecule has 1 saturated carbocycles. The van der Waals surface area contributed by atoms with Gasteiger partial charge in [0.15, 0.2) is 0 Å². The van der Waals surface area contributed by atoms with Crippen molar-refractivity contribution in [3.63, 3.8) is 0 Å². The normalized spacial score (nSPS) is 13.9. The molecule has 0 aliphatic heterocycles. The molecule has 0 unspecified atom stereocenters. The lowest BCUT2D eigenvalue weighted by Gasteiger charge is -2.14. The lowest BCUT2D eigenvalue weighted by atomic mass is 10.2. The molecule has 0 atom stereocenters. The molecule has 3 rings (SSSR count). The number of nitrogens with zero attached hydrogens (tertiary/aromatic N) is 3. The van der Waals surface area contributed by atoms with Gasteiger partial charge in [-0.3, -0.25) is 0 Å². The maximum absolute atomic E-state index is 5.49. The Kier molecular flexibility index (Phi) is 3.62. The van der Waals surface area contributed by atoms with Crippen molar-refractivity contribution in [2.75, 3.05) is 29.7 Å². The van der Waals surface area contributed by atoms with E-state index in [4.69, 9.17) is 5.84 Å². The van der Waals surface area contributed by atoms with Crippen molar-refractivity contribution < 1.29 is 0 Å². The van der Waals surface area contributed by atoms with Gasteiger partial charge in [0, 0.05) is 37.5 Å². The third kappa shape index (κ3) is 3.22. The number of hydrogen-bond acceptors (Lipinski definition) is 6. The number of hydrazine groups is 1. The van der Waals surface area contributed by atoms with E-state index in [0.29, 0.717) is 11.7 Å². The van der Waals surface area contributed by atoms with Crippen LogP contribution in [0.25, 0.3) is 0 Å². The molecule has 0 saturated heterocycles. The highest BCUT2D eigenvalue weighted by molar-refractivity contribution is 5.64. The molecule has 0 radical (unpaired) electrons. The number of nitrogens with one attached hydrogen (secondary N) is 2. The lowest BCUT2D eigenvalue weighted by molar-refractivity contribution is 0.929. The van der Waals surface area contributed by atoms with Gasteiger partial charge in [0.05, 0.1) is 0 Å². The van der Waals surface area contributed by atoms with Crippen LogP contribution >= 0.6 is 0 Å². The molecule has 0 amide bonds. The summed E-state index contributed by atoms with van der Waals surface area (Å²) in [6.45, 7) is 0. The van der Waals surface area contributed by atoms with Crippen molar-refractivity contribution in [1.29, 1.82) is 0 Å². The largest absolute Gasteiger partial charge is 0.378 e. The van der Waals surface area contributed by atoms with E-state index in [-0.39, 0.29) is 0 Å². The molecular weight excluding hydrogens is 264 g/mol. The van der Waals surface area contributed by atoms with Crippen LogP contribution in [-0.4, -0.2) is 24.1 Å². The summed E-state index contributed by atoms with van der Waals surface area (Å²) >= 11 is 0.